The summed E-state index contributed by atoms with van der Waals surface area (Å²) in [5.74, 6) is 5.34. The Morgan fingerprint density at radius 1 is 1.60 bits per heavy atom. The van der Waals surface area contributed by atoms with Gasteiger partial charge in [-0.2, -0.15) is 0 Å². The zero-order valence-corrected chi connectivity index (χ0v) is 6.12. The Hall–Kier alpha value is -0.800. The van der Waals surface area contributed by atoms with Crippen LogP contribution in [-0.4, -0.2) is 5.11 Å². The summed E-state index contributed by atoms with van der Waals surface area (Å²) in [4.78, 5) is 0. The second-order valence-electron chi connectivity index (χ2n) is 1.82. The number of rotatable bonds is 1. The molecule has 0 atom stereocenters. The number of hydrogen-bond donors (Lipinski definition) is 2. The van der Waals surface area contributed by atoms with Crippen LogP contribution in [0.5, 0.6) is 0 Å². The summed E-state index contributed by atoms with van der Waals surface area (Å²) in [5.41, 5.74) is 0.819. The molecule has 0 spiro atoms. The molecule has 0 fully saturated rings. The van der Waals surface area contributed by atoms with E-state index in [1.807, 2.05) is 6.07 Å². The van der Waals surface area contributed by atoms with Gasteiger partial charge in [0.05, 0.1) is 6.61 Å². The van der Waals surface area contributed by atoms with Crippen molar-refractivity contribution in [2.75, 3.05) is 5.84 Å². The van der Waals surface area contributed by atoms with Crippen LogP contribution in [0.2, 0.25) is 0 Å². The van der Waals surface area contributed by atoms with Crippen LogP contribution in [0.25, 0.3) is 0 Å². The molecule has 0 amide bonds. The Labute approximate surface area is 65.5 Å². The molecule has 4 heteroatoms. The normalized spacial score (nSPS) is 8.50. The highest BCUT2D eigenvalue weighted by molar-refractivity contribution is 5.02. The predicted octanol–water partition coefficient (Wildman–Crippen LogP) is -3.82. The second kappa shape index (κ2) is 4.09. The summed E-state index contributed by atoms with van der Waals surface area (Å²) < 4.78 is 1.41. The molecule has 0 unspecified atom stereocenters. The van der Waals surface area contributed by atoms with Crippen molar-refractivity contribution in [3.63, 3.8) is 0 Å². The van der Waals surface area contributed by atoms with Gasteiger partial charge >= 0.3 is 0 Å². The van der Waals surface area contributed by atoms with E-state index in [9.17, 15) is 0 Å². The minimum absolute atomic E-state index is 0. The summed E-state index contributed by atoms with van der Waals surface area (Å²) in [7, 11) is 0. The van der Waals surface area contributed by atoms with Crippen molar-refractivity contribution < 1.29 is 22.2 Å². The van der Waals surface area contributed by atoms with Gasteiger partial charge in [-0.1, -0.05) is 4.68 Å². The molecule has 56 valence electrons. The van der Waals surface area contributed by atoms with E-state index in [1.54, 1.807) is 18.5 Å². The Balaban J connectivity index is 0.000000810. The Morgan fingerprint density at radius 2 is 2.30 bits per heavy atom. The van der Waals surface area contributed by atoms with E-state index in [-0.39, 0.29) is 19.0 Å². The molecule has 0 aromatic carbocycles. The Kier molecular flexibility index (Phi) is 3.76. The van der Waals surface area contributed by atoms with Crippen molar-refractivity contribution in [2.45, 2.75) is 6.61 Å². The third kappa shape index (κ3) is 2.21. The first-order chi connectivity index (χ1) is 4.33. The lowest BCUT2D eigenvalue weighted by molar-refractivity contribution is -0.639. The number of aliphatic hydroxyl groups is 1. The SMILES string of the molecule is N[n+]1cccc(CO)c1.[Cl-]. The van der Waals surface area contributed by atoms with Crippen molar-refractivity contribution in [3.05, 3.63) is 30.1 Å². The van der Waals surface area contributed by atoms with Crippen LogP contribution in [0.3, 0.4) is 0 Å². The van der Waals surface area contributed by atoms with Crippen LogP contribution in [0.15, 0.2) is 24.5 Å². The fourth-order valence-corrected chi connectivity index (χ4v) is 0.637. The molecular weight excluding hydrogens is 152 g/mol. The number of nitrogen functional groups attached to an aromatic ring is 1. The average Bonchev–Trinajstić information content (AvgIpc) is 1.88. The molecule has 3 nitrogen and oxygen atoms in total. The van der Waals surface area contributed by atoms with E-state index in [4.69, 9.17) is 10.9 Å². The van der Waals surface area contributed by atoms with Gasteiger partial charge in [0.2, 0.25) is 6.20 Å². The topological polar surface area (TPSA) is 50.1 Å². The van der Waals surface area contributed by atoms with Crippen LogP contribution < -0.4 is 22.9 Å². The molecule has 1 aromatic heterocycles. The number of aromatic nitrogens is 1. The average molecular weight is 161 g/mol. The molecule has 1 aromatic rings. The van der Waals surface area contributed by atoms with Crippen molar-refractivity contribution in [2.24, 2.45) is 0 Å². The van der Waals surface area contributed by atoms with Crippen LogP contribution in [0, 0.1) is 0 Å². The smallest absolute Gasteiger partial charge is 0.204 e. The van der Waals surface area contributed by atoms with Crippen molar-refractivity contribution in [1.29, 1.82) is 0 Å². The standard InChI is InChI=1S/C6H9N2O.ClH/c7-8-3-1-2-6(4-8)5-9;/h1-4,9H,5,7H2;1H/q+1;/p-1. The van der Waals surface area contributed by atoms with Crippen molar-refractivity contribution >= 4 is 0 Å². The maximum atomic E-state index is 8.59. The molecule has 1 heterocycles. The minimum Gasteiger partial charge on any atom is -1.00 e. The number of pyridine rings is 1. The van der Waals surface area contributed by atoms with Gasteiger partial charge in [0, 0.05) is 11.6 Å². The monoisotopic (exact) mass is 160 g/mol. The lowest BCUT2D eigenvalue weighted by Crippen LogP contribution is -3.00. The largest absolute Gasteiger partial charge is 1.00 e. The zero-order valence-electron chi connectivity index (χ0n) is 5.37. The van der Waals surface area contributed by atoms with Gasteiger partial charge in [-0.3, -0.25) is 0 Å². The first-order valence-electron chi connectivity index (χ1n) is 2.69. The maximum Gasteiger partial charge on any atom is 0.204 e. The van der Waals surface area contributed by atoms with E-state index < -0.39 is 0 Å². The number of nitrogens with two attached hydrogens (primary N) is 1. The summed E-state index contributed by atoms with van der Waals surface area (Å²) in [6, 6.07) is 3.59. The Morgan fingerprint density at radius 3 is 2.70 bits per heavy atom. The molecule has 0 radical (unpaired) electrons. The van der Waals surface area contributed by atoms with Gasteiger partial charge < -0.3 is 17.5 Å². The quantitative estimate of drug-likeness (QED) is 0.327. The van der Waals surface area contributed by atoms with Crippen molar-refractivity contribution in [1.82, 2.24) is 0 Å². The molecule has 0 saturated carbocycles. The fraction of sp³-hybridized carbons (Fsp3) is 0.167. The third-order valence-corrected chi connectivity index (χ3v) is 1.07. The highest BCUT2D eigenvalue weighted by atomic mass is 35.5. The summed E-state index contributed by atoms with van der Waals surface area (Å²) >= 11 is 0. The molecule has 3 N–H and O–H groups in total. The molecule has 10 heavy (non-hydrogen) atoms. The maximum absolute atomic E-state index is 8.59. The number of aliphatic hydroxyl groups excluding tert-OH is 1. The lowest BCUT2D eigenvalue weighted by Gasteiger charge is -1.88. The molecule has 0 aliphatic carbocycles. The molecule has 1 rings (SSSR count). The minimum atomic E-state index is 0. The van der Waals surface area contributed by atoms with Crippen molar-refractivity contribution in [3.8, 4) is 0 Å². The molecule has 0 bridgehead atoms. The van der Waals surface area contributed by atoms with E-state index >= 15 is 0 Å². The van der Waals surface area contributed by atoms with Crippen LogP contribution in [-0.2, 0) is 6.61 Å². The van der Waals surface area contributed by atoms with E-state index in [0.717, 1.165) is 5.56 Å². The third-order valence-electron chi connectivity index (χ3n) is 1.07. The van der Waals surface area contributed by atoms with Gasteiger partial charge in [-0.25, -0.2) is 5.84 Å². The van der Waals surface area contributed by atoms with Crippen LogP contribution in [0.4, 0.5) is 0 Å². The summed E-state index contributed by atoms with van der Waals surface area (Å²) in [6.45, 7) is 0.0397. The fourth-order valence-electron chi connectivity index (χ4n) is 0.637. The van der Waals surface area contributed by atoms with Crippen LogP contribution in [0.1, 0.15) is 5.56 Å². The molecule has 0 aliphatic rings. The highest BCUT2D eigenvalue weighted by Crippen LogP contribution is 1.90. The predicted molar refractivity (Wildman–Crippen MR) is 32.7 cm³/mol. The first-order valence-corrected chi connectivity index (χ1v) is 2.69. The van der Waals surface area contributed by atoms with Gasteiger partial charge in [-0.15, -0.1) is 0 Å². The van der Waals surface area contributed by atoms with Gasteiger partial charge in [0.25, 0.3) is 0 Å². The van der Waals surface area contributed by atoms with E-state index in [1.165, 1.54) is 4.68 Å². The van der Waals surface area contributed by atoms with Gasteiger partial charge in [0.15, 0.2) is 6.20 Å². The highest BCUT2D eigenvalue weighted by Gasteiger charge is 1.94. The first kappa shape index (κ1) is 9.20. The lowest BCUT2D eigenvalue weighted by atomic mass is 10.3. The Bertz CT molecular complexity index is 205. The van der Waals surface area contributed by atoms with Crippen LogP contribution >= 0.6 is 0 Å². The summed E-state index contributed by atoms with van der Waals surface area (Å²) in [6.07, 6.45) is 3.37. The summed E-state index contributed by atoms with van der Waals surface area (Å²) in [5, 5.41) is 8.59. The zero-order chi connectivity index (χ0) is 6.69. The van der Waals surface area contributed by atoms with E-state index in [2.05, 4.69) is 0 Å². The second-order valence-corrected chi connectivity index (χ2v) is 1.82. The van der Waals surface area contributed by atoms with Gasteiger partial charge in [0.1, 0.15) is 0 Å². The van der Waals surface area contributed by atoms with E-state index in [0.29, 0.717) is 0 Å². The number of halogens is 1. The number of nitrogens with zero attached hydrogens (tertiary/aromatic N) is 1. The molecular formula is C6H9ClN2O. The molecule has 0 aliphatic heterocycles. The molecule has 0 saturated heterocycles. The van der Waals surface area contributed by atoms with Gasteiger partial charge in [-0.05, 0) is 6.07 Å². The number of hydrogen-bond acceptors (Lipinski definition) is 2.